The number of nitrogens with one attached hydrogen (secondary N) is 2. The topological polar surface area (TPSA) is 116 Å². The van der Waals surface area contributed by atoms with Crippen molar-refractivity contribution in [2.75, 3.05) is 13.1 Å². The molecule has 1 fully saturated rings. The van der Waals surface area contributed by atoms with E-state index < -0.39 is 35.9 Å². The van der Waals surface area contributed by atoms with E-state index in [4.69, 9.17) is 5.11 Å². The molecule has 1 aliphatic heterocycles. The number of carboxylic acid groups (broad SMARTS) is 1. The number of hydrogen-bond acceptors (Lipinski definition) is 4. The summed E-state index contributed by atoms with van der Waals surface area (Å²) < 4.78 is 0. The van der Waals surface area contributed by atoms with Crippen LogP contribution in [0.2, 0.25) is 0 Å². The van der Waals surface area contributed by atoms with Crippen molar-refractivity contribution in [2.24, 2.45) is 0 Å². The molecule has 1 aromatic rings. The SMILES string of the molecule is CC[C@]1(c2ccccc2)NC(=O)N(CC(=O)NCCC(=O)O)C1=O. The number of rotatable bonds is 7. The fraction of sp³-hybridized carbons (Fsp3) is 0.375. The number of carboxylic acids is 1. The van der Waals surface area contributed by atoms with Crippen molar-refractivity contribution in [3.63, 3.8) is 0 Å². The lowest BCUT2D eigenvalue weighted by Gasteiger charge is -2.25. The number of urea groups is 1. The highest BCUT2D eigenvalue weighted by Gasteiger charge is 2.51. The molecule has 24 heavy (non-hydrogen) atoms. The van der Waals surface area contributed by atoms with E-state index in [9.17, 15) is 19.2 Å². The standard InChI is InChI=1S/C16H19N3O5/c1-2-16(11-6-4-3-5-7-11)14(23)19(15(24)18-16)10-12(20)17-9-8-13(21)22/h3-7H,2,8-10H2,1H3,(H,17,20)(H,18,24)(H,21,22)/t16-/m1/s1. The summed E-state index contributed by atoms with van der Waals surface area (Å²) >= 11 is 0. The van der Waals surface area contributed by atoms with Gasteiger partial charge >= 0.3 is 12.0 Å². The Kier molecular flexibility index (Phi) is 5.18. The lowest BCUT2D eigenvalue weighted by molar-refractivity contribution is -0.137. The van der Waals surface area contributed by atoms with E-state index in [1.54, 1.807) is 31.2 Å². The minimum Gasteiger partial charge on any atom is -0.481 e. The van der Waals surface area contributed by atoms with E-state index in [0.717, 1.165) is 4.90 Å². The second kappa shape index (κ2) is 7.12. The van der Waals surface area contributed by atoms with Crippen LogP contribution in [0.4, 0.5) is 4.79 Å². The number of aliphatic carboxylic acids is 1. The highest BCUT2D eigenvalue weighted by Crippen LogP contribution is 2.32. The van der Waals surface area contributed by atoms with Crippen LogP contribution in [0.5, 0.6) is 0 Å². The Morgan fingerprint density at radius 2 is 1.92 bits per heavy atom. The van der Waals surface area contributed by atoms with Gasteiger partial charge in [0, 0.05) is 6.54 Å². The zero-order valence-electron chi connectivity index (χ0n) is 13.2. The van der Waals surface area contributed by atoms with Gasteiger partial charge in [0.2, 0.25) is 5.91 Å². The van der Waals surface area contributed by atoms with E-state index >= 15 is 0 Å². The van der Waals surface area contributed by atoms with Gasteiger partial charge in [-0.1, -0.05) is 37.3 Å². The van der Waals surface area contributed by atoms with Crippen molar-refractivity contribution in [3.8, 4) is 0 Å². The van der Waals surface area contributed by atoms with Gasteiger partial charge in [-0.2, -0.15) is 0 Å². The maximum absolute atomic E-state index is 12.8. The first-order valence-corrected chi connectivity index (χ1v) is 7.59. The lowest BCUT2D eigenvalue weighted by atomic mass is 9.87. The van der Waals surface area contributed by atoms with E-state index in [0.29, 0.717) is 12.0 Å². The van der Waals surface area contributed by atoms with Crippen LogP contribution in [-0.2, 0) is 19.9 Å². The minimum absolute atomic E-state index is 0.0601. The predicted octanol–water partition coefficient (Wildman–Crippen LogP) is 0.435. The van der Waals surface area contributed by atoms with E-state index in [2.05, 4.69) is 10.6 Å². The van der Waals surface area contributed by atoms with Crippen molar-refractivity contribution >= 4 is 23.8 Å². The van der Waals surface area contributed by atoms with Crippen LogP contribution < -0.4 is 10.6 Å². The summed E-state index contributed by atoms with van der Waals surface area (Å²) in [6.45, 7) is 1.27. The molecule has 2 rings (SSSR count). The molecule has 128 valence electrons. The van der Waals surface area contributed by atoms with Crippen LogP contribution in [-0.4, -0.2) is 46.9 Å². The largest absolute Gasteiger partial charge is 0.481 e. The zero-order valence-corrected chi connectivity index (χ0v) is 13.2. The summed E-state index contributed by atoms with van der Waals surface area (Å²) in [7, 11) is 0. The number of nitrogens with zero attached hydrogens (tertiary/aromatic N) is 1. The normalized spacial score (nSPS) is 20.0. The van der Waals surface area contributed by atoms with Gasteiger partial charge in [0.25, 0.3) is 5.91 Å². The van der Waals surface area contributed by atoms with Crippen LogP contribution in [0.3, 0.4) is 0 Å². The molecular weight excluding hydrogens is 314 g/mol. The Bertz CT molecular complexity index is 661. The fourth-order valence-corrected chi connectivity index (χ4v) is 2.64. The molecule has 1 aromatic carbocycles. The first kappa shape index (κ1) is 17.5. The molecule has 0 saturated carbocycles. The molecule has 1 atom stereocenters. The molecular formula is C16H19N3O5. The third-order valence-electron chi connectivity index (χ3n) is 3.94. The van der Waals surface area contributed by atoms with E-state index in [1.807, 2.05) is 6.07 Å². The van der Waals surface area contributed by atoms with Gasteiger partial charge < -0.3 is 15.7 Å². The Hall–Kier alpha value is -2.90. The van der Waals surface area contributed by atoms with Crippen molar-refractivity contribution in [3.05, 3.63) is 35.9 Å². The molecule has 8 nitrogen and oxygen atoms in total. The maximum Gasteiger partial charge on any atom is 0.325 e. The van der Waals surface area contributed by atoms with Gasteiger partial charge in [-0.15, -0.1) is 0 Å². The summed E-state index contributed by atoms with van der Waals surface area (Å²) in [5.41, 5.74) is -0.528. The highest BCUT2D eigenvalue weighted by molar-refractivity contribution is 6.09. The molecule has 4 amide bonds. The number of imide groups is 1. The first-order chi connectivity index (χ1) is 11.4. The Labute approximate surface area is 138 Å². The maximum atomic E-state index is 12.8. The van der Waals surface area contributed by atoms with E-state index in [-0.39, 0.29) is 13.0 Å². The average molecular weight is 333 g/mol. The van der Waals surface area contributed by atoms with Gasteiger partial charge in [-0.3, -0.25) is 19.3 Å². The molecule has 0 spiro atoms. The second-order valence-corrected chi connectivity index (χ2v) is 5.44. The van der Waals surface area contributed by atoms with Gasteiger partial charge in [0.15, 0.2) is 0 Å². The Morgan fingerprint density at radius 3 is 2.50 bits per heavy atom. The molecule has 0 unspecified atom stereocenters. The van der Waals surface area contributed by atoms with Gasteiger partial charge in [-0.05, 0) is 12.0 Å². The number of carbonyl (C=O) groups is 4. The summed E-state index contributed by atoms with van der Waals surface area (Å²) in [5, 5.41) is 13.6. The molecule has 1 saturated heterocycles. The summed E-state index contributed by atoms with van der Waals surface area (Å²) in [6.07, 6.45) is 0.119. The van der Waals surface area contributed by atoms with Crippen LogP contribution in [0.15, 0.2) is 30.3 Å². The first-order valence-electron chi connectivity index (χ1n) is 7.59. The van der Waals surface area contributed by atoms with Crippen LogP contribution >= 0.6 is 0 Å². The number of hydrogen-bond donors (Lipinski definition) is 3. The summed E-state index contributed by atoms with van der Waals surface area (Å²) in [6, 6.07) is 8.21. The van der Waals surface area contributed by atoms with Crippen molar-refractivity contribution in [1.29, 1.82) is 0 Å². The van der Waals surface area contributed by atoms with Gasteiger partial charge in [0.1, 0.15) is 12.1 Å². The number of benzene rings is 1. The average Bonchev–Trinajstić information content (AvgIpc) is 2.80. The number of amides is 4. The third kappa shape index (κ3) is 3.37. The summed E-state index contributed by atoms with van der Waals surface area (Å²) in [4.78, 5) is 48.0. The lowest BCUT2D eigenvalue weighted by Crippen LogP contribution is -2.45. The van der Waals surface area contributed by atoms with Gasteiger partial charge in [-0.25, -0.2) is 4.79 Å². The Balaban J connectivity index is 2.11. The molecule has 0 aliphatic carbocycles. The molecule has 1 heterocycles. The van der Waals surface area contributed by atoms with Gasteiger partial charge in [0.05, 0.1) is 6.42 Å². The van der Waals surface area contributed by atoms with Crippen LogP contribution in [0.1, 0.15) is 25.3 Å². The highest BCUT2D eigenvalue weighted by atomic mass is 16.4. The molecule has 0 bridgehead atoms. The molecule has 8 heteroatoms. The quantitative estimate of drug-likeness (QED) is 0.626. The van der Waals surface area contributed by atoms with Crippen molar-refractivity contribution in [1.82, 2.24) is 15.5 Å². The molecule has 0 radical (unpaired) electrons. The molecule has 1 aliphatic rings. The van der Waals surface area contributed by atoms with Crippen LogP contribution in [0, 0.1) is 0 Å². The monoisotopic (exact) mass is 333 g/mol. The number of carbonyl (C=O) groups excluding carboxylic acids is 3. The second-order valence-electron chi connectivity index (χ2n) is 5.44. The minimum atomic E-state index is -1.18. The third-order valence-corrected chi connectivity index (χ3v) is 3.94. The van der Waals surface area contributed by atoms with Crippen molar-refractivity contribution < 1.29 is 24.3 Å². The molecule has 0 aromatic heterocycles. The summed E-state index contributed by atoms with van der Waals surface area (Å²) in [5.74, 6) is -2.12. The fourth-order valence-electron chi connectivity index (χ4n) is 2.64. The van der Waals surface area contributed by atoms with Crippen LogP contribution in [0.25, 0.3) is 0 Å². The van der Waals surface area contributed by atoms with Crippen molar-refractivity contribution in [2.45, 2.75) is 25.3 Å². The zero-order chi connectivity index (χ0) is 17.7. The molecule has 3 N–H and O–H groups in total. The Morgan fingerprint density at radius 1 is 1.25 bits per heavy atom. The van der Waals surface area contributed by atoms with E-state index in [1.165, 1.54) is 0 Å². The predicted molar refractivity (Wildman–Crippen MR) is 83.9 cm³/mol. The smallest absolute Gasteiger partial charge is 0.325 e.